The lowest BCUT2D eigenvalue weighted by Crippen LogP contribution is -2.23. The molecule has 1 amide bonds. The van der Waals surface area contributed by atoms with E-state index < -0.39 is 0 Å². The summed E-state index contributed by atoms with van der Waals surface area (Å²) in [5, 5.41) is 2.77. The maximum absolute atomic E-state index is 11.7. The lowest BCUT2D eigenvalue weighted by Gasteiger charge is -2.16. The Bertz CT molecular complexity index is 683. The van der Waals surface area contributed by atoms with Crippen LogP contribution in [0.3, 0.4) is 0 Å². The number of pyridine rings is 1. The SMILES string of the molecule is CCNC(=O)c1ccc(N2Cc3cnc(CC)nc3C2)nc1. The van der Waals surface area contributed by atoms with Gasteiger partial charge in [-0.3, -0.25) is 4.79 Å². The third kappa shape index (κ3) is 2.77. The van der Waals surface area contributed by atoms with Crippen molar-refractivity contribution in [1.29, 1.82) is 0 Å². The van der Waals surface area contributed by atoms with Gasteiger partial charge in [0.2, 0.25) is 0 Å². The van der Waals surface area contributed by atoms with Gasteiger partial charge < -0.3 is 10.2 Å². The van der Waals surface area contributed by atoms with Crippen LogP contribution >= 0.6 is 0 Å². The molecule has 0 aromatic carbocycles. The summed E-state index contributed by atoms with van der Waals surface area (Å²) < 4.78 is 0. The Labute approximate surface area is 129 Å². The number of hydrogen-bond donors (Lipinski definition) is 1. The number of aromatic nitrogens is 3. The van der Waals surface area contributed by atoms with Crippen LogP contribution in [0.2, 0.25) is 0 Å². The van der Waals surface area contributed by atoms with Gasteiger partial charge >= 0.3 is 0 Å². The van der Waals surface area contributed by atoms with Gasteiger partial charge in [-0.25, -0.2) is 15.0 Å². The van der Waals surface area contributed by atoms with Gasteiger partial charge in [-0.05, 0) is 19.1 Å². The molecule has 0 saturated carbocycles. The van der Waals surface area contributed by atoms with E-state index in [-0.39, 0.29) is 5.91 Å². The van der Waals surface area contributed by atoms with E-state index in [1.807, 2.05) is 19.2 Å². The molecular weight excluding hydrogens is 278 g/mol. The maximum atomic E-state index is 11.7. The van der Waals surface area contributed by atoms with Crippen LogP contribution in [0.1, 0.15) is 41.3 Å². The minimum atomic E-state index is -0.0929. The molecule has 0 atom stereocenters. The van der Waals surface area contributed by atoms with Crippen LogP contribution in [0.15, 0.2) is 24.5 Å². The fourth-order valence-electron chi connectivity index (χ4n) is 2.50. The summed E-state index contributed by atoms with van der Waals surface area (Å²) in [4.78, 5) is 27.2. The largest absolute Gasteiger partial charge is 0.352 e. The second-order valence-electron chi connectivity index (χ2n) is 5.23. The van der Waals surface area contributed by atoms with E-state index in [1.54, 1.807) is 12.3 Å². The highest BCUT2D eigenvalue weighted by atomic mass is 16.1. The summed E-state index contributed by atoms with van der Waals surface area (Å²) in [5.41, 5.74) is 2.80. The molecule has 3 rings (SSSR count). The highest BCUT2D eigenvalue weighted by Crippen LogP contribution is 2.25. The quantitative estimate of drug-likeness (QED) is 0.930. The van der Waals surface area contributed by atoms with Crippen molar-refractivity contribution in [2.24, 2.45) is 0 Å². The molecule has 1 aliphatic rings. The van der Waals surface area contributed by atoms with E-state index in [0.29, 0.717) is 12.1 Å². The first-order valence-electron chi connectivity index (χ1n) is 7.54. The molecular formula is C16H19N5O. The molecule has 0 spiro atoms. The van der Waals surface area contributed by atoms with E-state index in [0.717, 1.165) is 42.4 Å². The number of fused-ring (bicyclic) bond motifs is 1. The smallest absolute Gasteiger partial charge is 0.252 e. The van der Waals surface area contributed by atoms with Gasteiger partial charge in [0, 0.05) is 37.5 Å². The Morgan fingerprint density at radius 1 is 1.23 bits per heavy atom. The number of anilines is 1. The zero-order valence-corrected chi connectivity index (χ0v) is 12.8. The predicted octanol–water partition coefficient (Wildman–Crippen LogP) is 1.70. The first-order chi connectivity index (χ1) is 10.7. The highest BCUT2D eigenvalue weighted by molar-refractivity contribution is 5.94. The van der Waals surface area contributed by atoms with Gasteiger partial charge in [-0.2, -0.15) is 0 Å². The molecule has 22 heavy (non-hydrogen) atoms. The Morgan fingerprint density at radius 3 is 2.77 bits per heavy atom. The molecule has 0 aliphatic carbocycles. The monoisotopic (exact) mass is 297 g/mol. The van der Waals surface area contributed by atoms with Crippen LogP contribution in [0.5, 0.6) is 0 Å². The fourth-order valence-corrected chi connectivity index (χ4v) is 2.50. The first kappa shape index (κ1) is 14.4. The molecule has 1 N–H and O–H groups in total. The van der Waals surface area contributed by atoms with Crippen molar-refractivity contribution in [1.82, 2.24) is 20.3 Å². The number of carbonyl (C=O) groups is 1. The van der Waals surface area contributed by atoms with Gasteiger partial charge in [0.1, 0.15) is 11.6 Å². The number of nitrogens with one attached hydrogen (secondary N) is 1. The Morgan fingerprint density at radius 2 is 2.09 bits per heavy atom. The Hall–Kier alpha value is -2.50. The van der Waals surface area contributed by atoms with Crippen molar-refractivity contribution < 1.29 is 4.79 Å². The summed E-state index contributed by atoms with van der Waals surface area (Å²) in [6.45, 7) is 6.05. The second kappa shape index (κ2) is 6.09. The minimum Gasteiger partial charge on any atom is -0.352 e. The van der Waals surface area contributed by atoms with E-state index in [9.17, 15) is 4.79 Å². The zero-order valence-electron chi connectivity index (χ0n) is 12.8. The molecule has 1 aliphatic heterocycles. The topological polar surface area (TPSA) is 71.0 Å². The minimum absolute atomic E-state index is 0.0929. The molecule has 3 heterocycles. The second-order valence-corrected chi connectivity index (χ2v) is 5.23. The molecule has 2 aromatic rings. The normalized spacial score (nSPS) is 13.1. The summed E-state index contributed by atoms with van der Waals surface area (Å²) in [5.74, 6) is 1.63. The summed E-state index contributed by atoms with van der Waals surface area (Å²) >= 11 is 0. The van der Waals surface area contributed by atoms with E-state index in [1.165, 1.54) is 0 Å². The molecule has 6 nitrogen and oxygen atoms in total. The molecule has 0 saturated heterocycles. The maximum Gasteiger partial charge on any atom is 0.252 e. The standard InChI is InChI=1S/C16H19N5O/c1-3-14-18-8-12-9-21(10-13(12)20-14)15-6-5-11(7-19-15)16(22)17-4-2/h5-8H,3-4,9-10H2,1-2H3,(H,17,22). The third-order valence-electron chi connectivity index (χ3n) is 3.69. The van der Waals surface area contributed by atoms with Crippen molar-refractivity contribution in [2.75, 3.05) is 11.4 Å². The number of nitrogens with zero attached hydrogens (tertiary/aromatic N) is 4. The van der Waals surface area contributed by atoms with E-state index in [2.05, 4.69) is 32.1 Å². The number of hydrogen-bond acceptors (Lipinski definition) is 5. The van der Waals surface area contributed by atoms with Crippen LogP contribution in [-0.2, 0) is 19.5 Å². The average Bonchev–Trinajstić information content (AvgIpc) is 2.98. The van der Waals surface area contributed by atoms with Crippen LogP contribution < -0.4 is 10.2 Å². The molecule has 0 fully saturated rings. The summed E-state index contributed by atoms with van der Waals surface area (Å²) in [6, 6.07) is 3.68. The Balaban J connectivity index is 1.75. The fraction of sp³-hybridized carbons (Fsp3) is 0.375. The van der Waals surface area contributed by atoms with Crippen molar-refractivity contribution in [3.8, 4) is 0 Å². The summed E-state index contributed by atoms with van der Waals surface area (Å²) in [6.07, 6.45) is 4.36. The van der Waals surface area contributed by atoms with Crippen LogP contribution in [0.4, 0.5) is 5.82 Å². The zero-order chi connectivity index (χ0) is 15.5. The first-order valence-corrected chi connectivity index (χ1v) is 7.54. The van der Waals surface area contributed by atoms with Gasteiger partial charge in [0.15, 0.2) is 0 Å². The van der Waals surface area contributed by atoms with Crippen LogP contribution in [0.25, 0.3) is 0 Å². The van der Waals surface area contributed by atoms with Crippen molar-refractivity contribution in [3.63, 3.8) is 0 Å². The van der Waals surface area contributed by atoms with Gasteiger partial charge in [0.25, 0.3) is 5.91 Å². The van der Waals surface area contributed by atoms with E-state index >= 15 is 0 Å². The van der Waals surface area contributed by atoms with Gasteiger partial charge in [-0.15, -0.1) is 0 Å². The van der Waals surface area contributed by atoms with Crippen molar-refractivity contribution >= 4 is 11.7 Å². The lowest BCUT2D eigenvalue weighted by molar-refractivity contribution is 0.0955. The molecule has 114 valence electrons. The molecule has 0 unspecified atom stereocenters. The number of carbonyl (C=O) groups excluding carboxylic acids is 1. The van der Waals surface area contributed by atoms with E-state index in [4.69, 9.17) is 0 Å². The summed E-state index contributed by atoms with van der Waals surface area (Å²) in [7, 11) is 0. The molecule has 6 heteroatoms. The Kier molecular flexibility index (Phi) is 4.00. The third-order valence-corrected chi connectivity index (χ3v) is 3.69. The van der Waals surface area contributed by atoms with Gasteiger partial charge in [0.05, 0.1) is 17.8 Å². The molecule has 0 radical (unpaired) electrons. The average molecular weight is 297 g/mol. The molecule has 2 aromatic heterocycles. The van der Waals surface area contributed by atoms with Gasteiger partial charge in [-0.1, -0.05) is 6.92 Å². The van der Waals surface area contributed by atoms with Crippen LogP contribution in [0, 0.1) is 0 Å². The number of amides is 1. The van der Waals surface area contributed by atoms with Crippen molar-refractivity contribution in [3.05, 3.63) is 47.2 Å². The van der Waals surface area contributed by atoms with Crippen molar-refractivity contribution in [2.45, 2.75) is 33.4 Å². The number of rotatable bonds is 4. The highest BCUT2D eigenvalue weighted by Gasteiger charge is 2.22. The lowest BCUT2D eigenvalue weighted by atomic mass is 10.2. The number of aryl methyl sites for hydroxylation is 1. The molecule has 0 bridgehead atoms. The predicted molar refractivity (Wildman–Crippen MR) is 83.5 cm³/mol. The van der Waals surface area contributed by atoms with Crippen LogP contribution in [-0.4, -0.2) is 27.4 Å².